The van der Waals surface area contributed by atoms with Gasteiger partial charge in [-0.1, -0.05) is 157 Å². The first-order valence-electron chi connectivity index (χ1n) is 15.1. The van der Waals surface area contributed by atoms with E-state index in [2.05, 4.69) is 86.7 Å². The molecule has 0 spiro atoms. The summed E-state index contributed by atoms with van der Waals surface area (Å²) in [6.45, 7) is 4.13. The van der Waals surface area contributed by atoms with Gasteiger partial charge in [-0.25, -0.2) is 0 Å². The van der Waals surface area contributed by atoms with Gasteiger partial charge in [0.1, 0.15) is 11.2 Å². The summed E-state index contributed by atoms with van der Waals surface area (Å²) in [5, 5.41) is 25.4. The van der Waals surface area contributed by atoms with Crippen LogP contribution in [0.25, 0.3) is 34.4 Å². The highest BCUT2D eigenvalue weighted by atomic mass is 16.3. The molecule has 2 unspecified atom stereocenters. The van der Waals surface area contributed by atoms with Crippen LogP contribution in [0.15, 0.2) is 133 Å². The van der Waals surface area contributed by atoms with Crippen molar-refractivity contribution in [3.8, 4) is 22.3 Å². The van der Waals surface area contributed by atoms with Gasteiger partial charge >= 0.3 is 0 Å². The molecule has 2 nitrogen and oxygen atoms in total. The Morgan fingerprint density at radius 2 is 0.727 bits per heavy atom. The molecule has 8 rings (SSSR count). The maximum atomic E-state index is 12.7. The van der Waals surface area contributed by atoms with Gasteiger partial charge in [-0.2, -0.15) is 0 Å². The van der Waals surface area contributed by atoms with Crippen molar-refractivity contribution in [1.82, 2.24) is 0 Å². The van der Waals surface area contributed by atoms with Crippen molar-refractivity contribution in [3.63, 3.8) is 0 Å². The van der Waals surface area contributed by atoms with Gasteiger partial charge in [0.05, 0.1) is 0 Å². The smallest absolute Gasteiger partial charge is 0.142 e. The molecule has 212 valence electrons. The van der Waals surface area contributed by atoms with Gasteiger partial charge in [0.2, 0.25) is 0 Å². The zero-order valence-electron chi connectivity index (χ0n) is 24.8. The lowest BCUT2D eigenvalue weighted by Gasteiger charge is -2.29. The van der Waals surface area contributed by atoms with Crippen molar-refractivity contribution in [2.75, 3.05) is 0 Å². The molecule has 6 aromatic rings. The molecule has 2 aliphatic rings. The van der Waals surface area contributed by atoms with Gasteiger partial charge in [-0.05, 0) is 58.4 Å². The summed E-state index contributed by atoms with van der Waals surface area (Å²) >= 11 is 0. The van der Waals surface area contributed by atoms with Crippen molar-refractivity contribution in [2.24, 2.45) is 0 Å². The summed E-state index contributed by atoms with van der Waals surface area (Å²) in [6.07, 6.45) is 4.15. The van der Waals surface area contributed by atoms with Crippen molar-refractivity contribution < 1.29 is 10.2 Å². The third-order valence-electron chi connectivity index (χ3n) is 9.49. The zero-order valence-corrected chi connectivity index (χ0v) is 24.8. The molecule has 0 heterocycles. The van der Waals surface area contributed by atoms with Gasteiger partial charge in [0.15, 0.2) is 0 Å². The Labute approximate surface area is 258 Å². The summed E-state index contributed by atoms with van der Waals surface area (Å²) in [5.41, 5.74) is 11.0. The molecule has 0 aromatic heterocycles. The standard InChI is InChI=1S/C42H32O2/c1-27-19-23-33-31-13-5-9-17-37(31)41(43,39(33)25-27)35-15-7-3-11-29(35)21-22-30-12-4-8-16-36(30)42(44)38-18-10-6-14-32(38)34-24-20-28(2)26-40(34)42/h3-26,43-44H,1-2H3/b22-21-. The summed E-state index contributed by atoms with van der Waals surface area (Å²) < 4.78 is 0. The number of hydrogen-bond acceptors (Lipinski definition) is 2. The average molecular weight is 569 g/mol. The first-order chi connectivity index (χ1) is 21.4. The predicted octanol–water partition coefficient (Wildman–Crippen LogP) is 9.00. The van der Waals surface area contributed by atoms with E-state index in [0.717, 1.165) is 77.9 Å². The van der Waals surface area contributed by atoms with E-state index in [0.29, 0.717) is 0 Å². The Balaban J connectivity index is 1.29. The number of aliphatic hydroxyl groups is 2. The number of rotatable bonds is 4. The molecule has 44 heavy (non-hydrogen) atoms. The molecule has 0 radical (unpaired) electrons. The van der Waals surface area contributed by atoms with Crippen LogP contribution in [0.5, 0.6) is 0 Å². The molecular weight excluding hydrogens is 536 g/mol. The fraction of sp³-hybridized carbons (Fsp3) is 0.0952. The van der Waals surface area contributed by atoms with Crippen molar-refractivity contribution in [3.05, 3.63) is 189 Å². The van der Waals surface area contributed by atoms with Gasteiger partial charge in [-0.15, -0.1) is 0 Å². The highest BCUT2D eigenvalue weighted by molar-refractivity contribution is 5.86. The molecule has 0 saturated heterocycles. The molecule has 0 amide bonds. The van der Waals surface area contributed by atoms with Gasteiger partial charge in [0, 0.05) is 22.3 Å². The number of fused-ring (bicyclic) bond motifs is 6. The minimum atomic E-state index is -1.29. The van der Waals surface area contributed by atoms with Crippen molar-refractivity contribution >= 4 is 12.2 Å². The quantitative estimate of drug-likeness (QED) is 0.208. The Morgan fingerprint density at radius 3 is 1.16 bits per heavy atom. The van der Waals surface area contributed by atoms with Crippen LogP contribution in [-0.4, -0.2) is 10.2 Å². The van der Waals surface area contributed by atoms with Gasteiger partial charge in [-0.3, -0.25) is 0 Å². The maximum Gasteiger partial charge on any atom is 0.142 e. The molecule has 0 bridgehead atoms. The van der Waals surface area contributed by atoms with E-state index in [1.807, 2.05) is 72.8 Å². The monoisotopic (exact) mass is 568 g/mol. The molecule has 0 fully saturated rings. The fourth-order valence-corrected chi connectivity index (χ4v) is 7.45. The van der Waals surface area contributed by atoms with Crippen LogP contribution in [0.3, 0.4) is 0 Å². The largest absolute Gasteiger partial charge is 0.376 e. The van der Waals surface area contributed by atoms with E-state index in [9.17, 15) is 10.2 Å². The molecule has 0 saturated carbocycles. The van der Waals surface area contributed by atoms with E-state index < -0.39 is 11.2 Å². The van der Waals surface area contributed by atoms with E-state index in [-0.39, 0.29) is 0 Å². The van der Waals surface area contributed by atoms with Crippen LogP contribution in [0.4, 0.5) is 0 Å². The Hall–Kier alpha value is -5.02. The molecule has 2 atom stereocenters. The summed E-state index contributed by atoms with van der Waals surface area (Å²) in [5.74, 6) is 0. The first-order valence-corrected chi connectivity index (χ1v) is 15.1. The third kappa shape index (κ3) is 3.68. The summed E-state index contributed by atoms with van der Waals surface area (Å²) in [7, 11) is 0. The molecule has 2 N–H and O–H groups in total. The number of hydrogen-bond donors (Lipinski definition) is 2. The van der Waals surface area contributed by atoms with Gasteiger partial charge in [0.25, 0.3) is 0 Å². The Morgan fingerprint density at radius 1 is 0.386 bits per heavy atom. The van der Waals surface area contributed by atoms with Crippen LogP contribution in [0.2, 0.25) is 0 Å². The molecule has 0 aliphatic heterocycles. The fourth-order valence-electron chi connectivity index (χ4n) is 7.45. The SMILES string of the molecule is Cc1ccc2c(c1)C(O)(c1ccccc1/C=C\c1ccccc1C1(O)c3ccccc3-c3ccc(C)cc31)c1ccccc1-2. The lowest BCUT2D eigenvalue weighted by molar-refractivity contribution is 0.130. The lowest BCUT2D eigenvalue weighted by atomic mass is 9.80. The molecule has 6 aromatic carbocycles. The highest BCUT2D eigenvalue weighted by Gasteiger charge is 2.45. The van der Waals surface area contributed by atoms with E-state index >= 15 is 0 Å². The van der Waals surface area contributed by atoms with Crippen LogP contribution in [0.1, 0.15) is 55.6 Å². The van der Waals surface area contributed by atoms with E-state index in [1.165, 1.54) is 0 Å². The molecule has 2 aliphatic carbocycles. The maximum absolute atomic E-state index is 12.7. The first kappa shape index (κ1) is 26.6. The summed E-state index contributed by atoms with van der Waals surface area (Å²) in [4.78, 5) is 0. The number of aryl methyl sites for hydroxylation is 2. The number of benzene rings is 6. The topological polar surface area (TPSA) is 40.5 Å². The minimum Gasteiger partial charge on any atom is -0.376 e. The predicted molar refractivity (Wildman–Crippen MR) is 179 cm³/mol. The van der Waals surface area contributed by atoms with Crippen LogP contribution in [-0.2, 0) is 11.2 Å². The molecular formula is C42H32O2. The molecule has 2 heteroatoms. The van der Waals surface area contributed by atoms with Crippen molar-refractivity contribution in [2.45, 2.75) is 25.0 Å². The Bertz CT molecular complexity index is 1980. The van der Waals surface area contributed by atoms with E-state index in [4.69, 9.17) is 0 Å². The second-order valence-corrected chi connectivity index (χ2v) is 12.1. The second kappa shape index (κ2) is 9.75. The van der Waals surface area contributed by atoms with Crippen LogP contribution < -0.4 is 0 Å². The van der Waals surface area contributed by atoms with E-state index in [1.54, 1.807) is 0 Å². The summed E-state index contributed by atoms with van der Waals surface area (Å²) in [6, 6.07) is 45.2. The highest BCUT2D eigenvalue weighted by Crippen LogP contribution is 2.53. The van der Waals surface area contributed by atoms with Crippen LogP contribution in [0, 0.1) is 13.8 Å². The second-order valence-electron chi connectivity index (χ2n) is 12.1. The minimum absolute atomic E-state index is 0.830. The zero-order chi connectivity index (χ0) is 30.1. The van der Waals surface area contributed by atoms with Crippen LogP contribution >= 0.6 is 0 Å². The lowest BCUT2D eigenvalue weighted by Crippen LogP contribution is -2.27. The van der Waals surface area contributed by atoms with Crippen molar-refractivity contribution in [1.29, 1.82) is 0 Å². The Kier molecular flexibility index (Phi) is 5.89. The normalized spacial score (nSPS) is 19.5. The average Bonchev–Trinajstić information content (AvgIpc) is 3.46. The third-order valence-corrected chi connectivity index (χ3v) is 9.49. The van der Waals surface area contributed by atoms with Gasteiger partial charge < -0.3 is 10.2 Å².